The second-order valence-electron chi connectivity index (χ2n) is 6.77. The summed E-state index contributed by atoms with van der Waals surface area (Å²) in [4.78, 5) is 14.5. The smallest absolute Gasteiger partial charge is 0.234 e. The van der Waals surface area contributed by atoms with Crippen LogP contribution in [-0.4, -0.2) is 29.6 Å². The third kappa shape index (κ3) is 4.03. The van der Waals surface area contributed by atoms with Crippen molar-refractivity contribution in [2.24, 2.45) is 5.92 Å². The van der Waals surface area contributed by atoms with Crippen molar-refractivity contribution in [3.05, 3.63) is 52.9 Å². The van der Waals surface area contributed by atoms with E-state index in [0.717, 1.165) is 17.0 Å². The van der Waals surface area contributed by atoms with E-state index in [9.17, 15) is 4.79 Å². The Labute approximate surface area is 143 Å². The fourth-order valence-corrected chi connectivity index (χ4v) is 3.08. The molecule has 5 heteroatoms. The molecule has 1 N–H and O–H groups in total. The molecule has 0 spiro atoms. The van der Waals surface area contributed by atoms with E-state index in [1.54, 1.807) is 0 Å². The summed E-state index contributed by atoms with van der Waals surface area (Å²) < 4.78 is 5.19. The summed E-state index contributed by atoms with van der Waals surface area (Å²) in [7, 11) is 1.94. The number of carbonyl (C=O) groups excluding carboxylic acids is 1. The van der Waals surface area contributed by atoms with E-state index in [4.69, 9.17) is 4.52 Å². The number of aromatic nitrogens is 1. The van der Waals surface area contributed by atoms with Gasteiger partial charge in [0, 0.05) is 12.1 Å². The number of hydrogen-bond donors (Lipinski definition) is 1. The molecule has 1 heterocycles. The second kappa shape index (κ2) is 7.18. The van der Waals surface area contributed by atoms with Crippen LogP contribution in [0.4, 0.5) is 0 Å². The Bertz CT molecular complexity index is 672. The minimum atomic E-state index is 0.0602. The van der Waals surface area contributed by atoms with Gasteiger partial charge in [-0.2, -0.15) is 0 Å². The van der Waals surface area contributed by atoms with Gasteiger partial charge in [0.25, 0.3) is 0 Å². The first-order chi connectivity index (χ1) is 11.5. The number of carbonyl (C=O) groups is 1. The first-order valence-electron chi connectivity index (χ1n) is 8.49. The van der Waals surface area contributed by atoms with Crippen LogP contribution in [-0.2, 0) is 11.3 Å². The molecule has 0 aliphatic heterocycles. The normalized spacial score (nSPS) is 15.5. The summed E-state index contributed by atoms with van der Waals surface area (Å²) in [5.74, 6) is 1.45. The summed E-state index contributed by atoms with van der Waals surface area (Å²) in [6, 6.07) is 10.4. The zero-order valence-electron chi connectivity index (χ0n) is 14.6. The van der Waals surface area contributed by atoms with Crippen LogP contribution in [0.2, 0.25) is 0 Å². The Morgan fingerprint density at radius 1 is 1.33 bits per heavy atom. The summed E-state index contributed by atoms with van der Waals surface area (Å²) in [5.41, 5.74) is 3.15. The zero-order valence-corrected chi connectivity index (χ0v) is 14.6. The van der Waals surface area contributed by atoms with Crippen LogP contribution in [0.5, 0.6) is 0 Å². The highest BCUT2D eigenvalue weighted by Gasteiger charge is 2.33. The van der Waals surface area contributed by atoms with Crippen molar-refractivity contribution in [2.45, 2.75) is 39.3 Å². The van der Waals surface area contributed by atoms with Gasteiger partial charge in [-0.05, 0) is 45.2 Å². The SMILES string of the molecule is Cc1noc(C)c1CN(C)CC(=O)NC(c1ccccc1)C1CC1. The third-order valence-electron chi connectivity index (χ3n) is 4.59. The number of rotatable bonds is 7. The van der Waals surface area contributed by atoms with Gasteiger partial charge in [0.05, 0.1) is 18.3 Å². The highest BCUT2D eigenvalue weighted by molar-refractivity contribution is 5.78. The lowest BCUT2D eigenvalue weighted by molar-refractivity contribution is -0.123. The van der Waals surface area contributed by atoms with Crippen molar-refractivity contribution in [3.8, 4) is 0 Å². The van der Waals surface area contributed by atoms with Gasteiger partial charge in [-0.3, -0.25) is 9.69 Å². The second-order valence-corrected chi connectivity index (χ2v) is 6.77. The van der Waals surface area contributed by atoms with E-state index in [2.05, 4.69) is 22.6 Å². The number of likely N-dealkylation sites (N-methyl/N-ethyl adjacent to an activating group) is 1. The molecule has 1 aromatic heterocycles. The molecule has 0 saturated heterocycles. The maximum atomic E-state index is 12.5. The summed E-state index contributed by atoms with van der Waals surface area (Å²) in [5, 5.41) is 7.18. The molecular weight excluding hydrogens is 302 g/mol. The molecule has 1 saturated carbocycles. The molecule has 2 aromatic rings. The van der Waals surface area contributed by atoms with Gasteiger partial charge in [0.2, 0.25) is 5.91 Å². The van der Waals surface area contributed by atoms with Crippen molar-refractivity contribution in [1.82, 2.24) is 15.4 Å². The summed E-state index contributed by atoms with van der Waals surface area (Å²) in [6.45, 7) is 4.86. The molecule has 1 aromatic carbocycles. The Hall–Kier alpha value is -2.14. The van der Waals surface area contributed by atoms with E-state index >= 15 is 0 Å². The largest absolute Gasteiger partial charge is 0.361 e. The Kier molecular flexibility index (Phi) is 5.00. The third-order valence-corrected chi connectivity index (χ3v) is 4.59. The van der Waals surface area contributed by atoms with Gasteiger partial charge in [0.15, 0.2) is 0 Å². The number of nitrogens with one attached hydrogen (secondary N) is 1. The Morgan fingerprint density at radius 2 is 2.04 bits per heavy atom. The average Bonchev–Trinajstić information content (AvgIpc) is 3.36. The maximum absolute atomic E-state index is 12.5. The van der Waals surface area contributed by atoms with Gasteiger partial charge in [-0.1, -0.05) is 35.5 Å². The highest BCUT2D eigenvalue weighted by Crippen LogP contribution is 2.40. The fraction of sp³-hybridized carbons (Fsp3) is 0.474. The lowest BCUT2D eigenvalue weighted by atomic mass is 10.0. The van der Waals surface area contributed by atoms with Crippen LogP contribution in [0, 0.1) is 19.8 Å². The monoisotopic (exact) mass is 327 g/mol. The average molecular weight is 327 g/mol. The molecule has 5 nitrogen and oxygen atoms in total. The summed E-state index contributed by atoms with van der Waals surface area (Å²) in [6.07, 6.45) is 2.38. The molecule has 0 radical (unpaired) electrons. The molecular formula is C19H25N3O2. The van der Waals surface area contributed by atoms with Crippen LogP contribution in [0.25, 0.3) is 0 Å². The van der Waals surface area contributed by atoms with Crippen LogP contribution in [0.1, 0.15) is 41.5 Å². The van der Waals surface area contributed by atoms with E-state index in [1.165, 1.54) is 18.4 Å². The molecule has 1 fully saturated rings. The molecule has 1 aliphatic carbocycles. The van der Waals surface area contributed by atoms with E-state index in [1.807, 2.05) is 44.0 Å². The maximum Gasteiger partial charge on any atom is 0.234 e. The van der Waals surface area contributed by atoms with Crippen molar-refractivity contribution in [1.29, 1.82) is 0 Å². The molecule has 1 aliphatic rings. The van der Waals surface area contributed by atoms with Crippen LogP contribution < -0.4 is 5.32 Å². The van der Waals surface area contributed by atoms with Crippen molar-refractivity contribution in [2.75, 3.05) is 13.6 Å². The minimum absolute atomic E-state index is 0.0602. The van der Waals surface area contributed by atoms with Crippen LogP contribution in [0.15, 0.2) is 34.9 Å². The van der Waals surface area contributed by atoms with Crippen LogP contribution in [0.3, 0.4) is 0 Å². The highest BCUT2D eigenvalue weighted by atomic mass is 16.5. The number of nitrogens with zero attached hydrogens (tertiary/aromatic N) is 2. The van der Waals surface area contributed by atoms with E-state index < -0.39 is 0 Å². The molecule has 128 valence electrons. The zero-order chi connectivity index (χ0) is 17.1. The van der Waals surface area contributed by atoms with Gasteiger partial charge >= 0.3 is 0 Å². The van der Waals surface area contributed by atoms with Crippen molar-refractivity contribution < 1.29 is 9.32 Å². The first-order valence-corrected chi connectivity index (χ1v) is 8.49. The van der Waals surface area contributed by atoms with Crippen LogP contribution >= 0.6 is 0 Å². The molecule has 1 amide bonds. The van der Waals surface area contributed by atoms with Gasteiger partial charge < -0.3 is 9.84 Å². The van der Waals surface area contributed by atoms with Gasteiger partial charge in [-0.25, -0.2) is 0 Å². The van der Waals surface area contributed by atoms with E-state index in [-0.39, 0.29) is 11.9 Å². The van der Waals surface area contributed by atoms with E-state index in [0.29, 0.717) is 19.0 Å². The predicted molar refractivity (Wildman–Crippen MR) is 92.4 cm³/mol. The van der Waals surface area contributed by atoms with Gasteiger partial charge in [0.1, 0.15) is 5.76 Å². The first kappa shape index (κ1) is 16.7. The Balaban J connectivity index is 1.58. The van der Waals surface area contributed by atoms with Gasteiger partial charge in [-0.15, -0.1) is 0 Å². The number of aryl methyl sites for hydroxylation is 2. The fourth-order valence-electron chi connectivity index (χ4n) is 3.08. The predicted octanol–water partition coefficient (Wildman–Crippen LogP) is 2.99. The molecule has 24 heavy (non-hydrogen) atoms. The molecule has 0 bridgehead atoms. The molecule has 1 unspecified atom stereocenters. The van der Waals surface area contributed by atoms with Crippen molar-refractivity contribution >= 4 is 5.91 Å². The number of benzene rings is 1. The number of amides is 1. The number of hydrogen-bond acceptors (Lipinski definition) is 4. The summed E-state index contributed by atoms with van der Waals surface area (Å²) >= 11 is 0. The molecule has 1 atom stereocenters. The quantitative estimate of drug-likeness (QED) is 0.849. The van der Waals surface area contributed by atoms with Crippen molar-refractivity contribution in [3.63, 3.8) is 0 Å². The lowest BCUT2D eigenvalue weighted by Gasteiger charge is -2.21. The Morgan fingerprint density at radius 3 is 2.62 bits per heavy atom. The minimum Gasteiger partial charge on any atom is -0.361 e. The topological polar surface area (TPSA) is 58.4 Å². The lowest BCUT2D eigenvalue weighted by Crippen LogP contribution is -2.37. The molecule has 3 rings (SSSR count). The standard InChI is InChI=1S/C19H25N3O2/c1-13-17(14(2)24-21-13)11-22(3)12-18(23)20-19(16-9-10-16)15-7-5-4-6-8-15/h4-8,16,19H,9-12H2,1-3H3,(H,20,23).